The predicted molar refractivity (Wildman–Crippen MR) is 116 cm³/mol. The molecule has 2 aromatic heterocycles. The molecule has 2 saturated heterocycles. The number of anilines is 2. The molecule has 5 rings (SSSR count). The lowest BCUT2D eigenvalue weighted by molar-refractivity contribution is -0.136. The van der Waals surface area contributed by atoms with Gasteiger partial charge in [-0.3, -0.25) is 9.59 Å². The van der Waals surface area contributed by atoms with Gasteiger partial charge in [-0.25, -0.2) is 14.6 Å². The molecule has 2 amide bonds. The number of benzene rings is 1. The van der Waals surface area contributed by atoms with Crippen LogP contribution in [0.25, 0.3) is 11.2 Å². The fourth-order valence-corrected chi connectivity index (χ4v) is 4.37. The fourth-order valence-electron chi connectivity index (χ4n) is 4.37. The molecule has 0 saturated carbocycles. The molecule has 2 aliphatic heterocycles. The number of carbonyl (C=O) groups excluding carboxylic acids is 2. The Kier molecular flexibility index (Phi) is 5.08. The van der Waals surface area contributed by atoms with Gasteiger partial charge < -0.3 is 19.4 Å². The van der Waals surface area contributed by atoms with Crippen LogP contribution in [0.2, 0.25) is 0 Å². The summed E-state index contributed by atoms with van der Waals surface area (Å²) in [5.74, 6) is 1.06. The summed E-state index contributed by atoms with van der Waals surface area (Å²) in [6.45, 7) is 2.78. The summed E-state index contributed by atoms with van der Waals surface area (Å²) in [5, 5.41) is 8.21. The molecule has 166 valence electrons. The molecule has 32 heavy (non-hydrogen) atoms. The van der Waals surface area contributed by atoms with E-state index in [-0.39, 0.29) is 24.2 Å². The number of amides is 2. The Morgan fingerprint density at radius 1 is 1.16 bits per heavy atom. The van der Waals surface area contributed by atoms with Gasteiger partial charge in [-0.05, 0) is 12.1 Å². The molecule has 0 N–H and O–H groups in total. The number of fused-ring (bicyclic) bond motifs is 1. The summed E-state index contributed by atoms with van der Waals surface area (Å²) >= 11 is 0. The molecule has 3 aromatic rings. The first-order valence-electron chi connectivity index (χ1n) is 10.5. The smallest absolute Gasteiger partial charge is 0.228 e. The maximum absolute atomic E-state index is 13.2. The van der Waals surface area contributed by atoms with E-state index >= 15 is 0 Å². The minimum Gasteiger partial charge on any atom is -0.497 e. The van der Waals surface area contributed by atoms with Gasteiger partial charge in [-0.1, -0.05) is 11.3 Å². The van der Waals surface area contributed by atoms with E-state index in [0.717, 1.165) is 11.5 Å². The Morgan fingerprint density at radius 3 is 2.75 bits per heavy atom. The zero-order valence-electron chi connectivity index (χ0n) is 18.0. The van der Waals surface area contributed by atoms with Crippen molar-refractivity contribution in [2.75, 3.05) is 49.6 Å². The quantitative estimate of drug-likeness (QED) is 0.581. The molecule has 11 heteroatoms. The summed E-state index contributed by atoms with van der Waals surface area (Å²) in [6.07, 6.45) is 1.73. The van der Waals surface area contributed by atoms with Crippen LogP contribution < -0.4 is 14.5 Å². The number of aryl methyl sites for hydroxylation is 1. The average molecular weight is 436 g/mol. The monoisotopic (exact) mass is 436 g/mol. The van der Waals surface area contributed by atoms with Crippen molar-refractivity contribution in [3.05, 3.63) is 30.6 Å². The molecule has 4 heterocycles. The van der Waals surface area contributed by atoms with Crippen LogP contribution in [-0.4, -0.2) is 81.5 Å². The van der Waals surface area contributed by atoms with Crippen LogP contribution in [0, 0.1) is 5.92 Å². The van der Waals surface area contributed by atoms with Crippen molar-refractivity contribution < 1.29 is 14.3 Å². The van der Waals surface area contributed by atoms with E-state index in [9.17, 15) is 9.59 Å². The molecule has 1 aromatic carbocycles. The maximum Gasteiger partial charge on any atom is 0.228 e. The topological polar surface area (TPSA) is 110 Å². The molecule has 0 bridgehead atoms. The Bertz CT molecular complexity index is 1170. The lowest BCUT2D eigenvalue weighted by Crippen LogP contribution is -2.51. The van der Waals surface area contributed by atoms with Gasteiger partial charge in [-0.2, -0.15) is 0 Å². The van der Waals surface area contributed by atoms with Crippen LogP contribution in [0.3, 0.4) is 0 Å². The molecule has 2 aliphatic rings. The van der Waals surface area contributed by atoms with Crippen LogP contribution in [-0.2, 0) is 16.6 Å². The van der Waals surface area contributed by atoms with Gasteiger partial charge in [-0.15, -0.1) is 5.10 Å². The highest BCUT2D eigenvalue weighted by Crippen LogP contribution is 2.29. The van der Waals surface area contributed by atoms with Gasteiger partial charge in [0.1, 0.15) is 12.1 Å². The number of methoxy groups -OCH3 is 1. The fraction of sp³-hybridized carbons (Fsp3) is 0.429. The zero-order valence-corrected chi connectivity index (χ0v) is 18.0. The van der Waals surface area contributed by atoms with Gasteiger partial charge in [0, 0.05) is 57.9 Å². The number of rotatable bonds is 4. The molecule has 1 unspecified atom stereocenters. The molecule has 0 aliphatic carbocycles. The maximum atomic E-state index is 13.2. The molecule has 2 fully saturated rings. The molecule has 0 spiro atoms. The van der Waals surface area contributed by atoms with Crippen molar-refractivity contribution >= 4 is 34.5 Å². The van der Waals surface area contributed by atoms with E-state index in [2.05, 4.69) is 25.2 Å². The van der Waals surface area contributed by atoms with E-state index < -0.39 is 0 Å². The van der Waals surface area contributed by atoms with E-state index in [1.807, 2.05) is 29.2 Å². The number of ether oxygens (including phenoxy) is 1. The zero-order chi connectivity index (χ0) is 22.2. The lowest BCUT2D eigenvalue weighted by atomic mass is 10.1. The third-order valence-corrected chi connectivity index (χ3v) is 6.10. The Morgan fingerprint density at radius 2 is 1.97 bits per heavy atom. The van der Waals surface area contributed by atoms with E-state index in [1.54, 1.807) is 23.7 Å². The first-order chi connectivity index (χ1) is 15.5. The third-order valence-electron chi connectivity index (χ3n) is 6.10. The van der Waals surface area contributed by atoms with Crippen LogP contribution in [0.15, 0.2) is 30.6 Å². The van der Waals surface area contributed by atoms with E-state index in [0.29, 0.717) is 49.6 Å². The number of carbonyl (C=O) groups is 2. The van der Waals surface area contributed by atoms with Gasteiger partial charge in [0.15, 0.2) is 17.0 Å². The summed E-state index contributed by atoms with van der Waals surface area (Å²) < 4.78 is 6.87. The summed E-state index contributed by atoms with van der Waals surface area (Å²) in [5.41, 5.74) is 2.09. The third kappa shape index (κ3) is 3.49. The van der Waals surface area contributed by atoms with E-state index in [4.69, 9.17) is 4.74 Å². The Labute approximate surface area is 184 Å². The largest absolute Gasteiger partial charge is 0.497 e. The molecular weight excluding hydrogens is 412 g/mol. The van der Waals surface area contributed by atoms with Gasteiger partial charge >= 0.3 is 0 Å². The van der Waals surface area contributed by atoms with Crippen LogP contribution in [0.1, 0.15) is 6.42 Å². The normalized spacial score (nSPS) is 19.1. The van der Waals surface area contributed by atoms with Crippen molar-refractivity contribution in [3.8, 4) is 5.75 Å². The summed E-state index contributed by atoms with van der Waals surface area (Å²) in [4.78, 5) is 40.0. The second-order valence-electron chi connectivity index (χ2n) is 8.00. The van der Waals surface area contributed by atoms with Crippen molar-refractivity contribution in [1.82, 2.24) is 29.9 Å². The lowest BCUT2D eigenvalue weighted by Gasteiger charge is -2.36. The van der Waals surface area contributed by atoms with Crippen molar-refractivity contribution in [2.45, 2.75) is 6.42 Å². The standard InChI is InChI=1S/C21H24N8O3/c1-26-19-18(24-25-26)20(23-13-22-19)27-6-8-28(9-7-27)21(31)14-10-17(30)29(12-14)15-4-3-5-16(11-15)32-2/h3-5,11,13-14H,6-10,12H2,1-2H3. The average Bonchev–Trinajstić information content (AvgIpc) is 3.41. The number of piperazine rings is 1. The van der Waals surface area contributed by atoms with Crippen molar-refractivity contribution in [3.63, 3.8) is 0 Å². The second-order valence-corrected chi connectivity index (χ2v) is 8.00. The highest BCUT2D eigenvalue weighted by molar-refractivity contribution is 6.00. The van der Waals surface area contributed by atoms with Gasteiger partial charge in [0.05, 0.1) is 13.0 Å². The minimum atomic E-state index is -0.342. The van der Waals surface area contributed by atoms with Crippen molar-refractivity contribution in [1.29, 1.82) is 0 Å². The molecule has 0 radical (unpaired) electrons. The molecule has 1 atom stereocenters. The second kappa shape index (κ2) is 8.06. The summed E-state index contributed by atoms with van der Waals surface area (Å²) in [7, 11) is 3.38. The minimum absolute atomic E-state index is 0.0238. The first kappa shape index (κ1) is 20.2. The van der Waals surface area contributed by atoms with Crippen LogP contribution in [0.4, 0.5) is 11.5 Å². The Hall–Kier alpha value is -3.76. The Balaban J connectivity index is 1.24. The number of hydrogen-bond donors (Lipinski definition) is 0. The van der Waals surface area contributed by atoms with Crippen LogP contribution in [0.5, 0.6) is 5.75 Å². The van der Waals surface area contributed by atoms with E-state index in [1.165, 1.54) is 6.33 Å². The van der Waals surface area contributed by atoms with Gasteiger partial charge in [0.25, 0.3) is 0 Å². The molecular formula is C21H24N8O3. The molecule has 11 nitrogen and oxygen atoms in total. The van der Waals surface area contributed by atoms with Gasteiger partial charge in [0.2, 0.25) is 11.8 Å². The number of nitrogens with zero attached hydrogens (tertiary/aromatic N) is 8. The highest BCUT2D eigenvalue weighted by Gasteiger charge is 2.38. The predicted octanol–water partition coefficient (Wildman–Crippen LogP) is 0.469. The summed E-state index contributed by atoms with van der Waals surface area (Å²) in [6, 6.07) is 7.36. The number of aromatic nitrogens is 5. The van der Waals surface area contributed by atoms with Crippen LogP contribution >= 0.6 is 0 Å². The van der Waals surface area contributed by atoms with Crippen molar-refractivity contribution in [2.24, 2.45) is 13.0 Å². The first-order valence-corrected chi connectivity index (χ1v) is 10.5. The SMILES string of the molecule is COc1cccc(N2CC(C(=O)N3CCN(c4ncnc5c4nnn5C)CC3)CC2=O)c1. The highest BCUT2D eigenvalue weighted by atomic mass is 16.5. The number of hydrogen-bond acceptors (Lipinski definition) is 8.